The number of nitrogens with zero attached hydrogens (tertiary/aromatic N) is 2. The highest BCUT2D eigenvalue weighted by Crippen LogP contribution is 2.22. The molecule has 122 valence electrons. The lowest BCUT2D eigenvalue weighted by atomic mass is 10.1. The van der Waals surface area contributed by atoms with Crippen LogP contribution in [0.15, 0.2) is 47.3 Å². The fourth-order valence-electron chi connectivity index (χ4n) is 2.43. The second kappa shape index (κ2) is 6.25. The van der Waals surface area contributed by atoms with Crippen molar-refractivity contribution in [3.63, 3.8) is 0 Å². The fraction of sp³-hybridized carbons (Fsp3) is 0.125. The molecule has 0 radical (unpaired) electrons. The number of thiazole rings is 1. The molecule has 0 saturated carbocycles. The van der Waals surface area contributed by atoms with Gasteiger partial charge >= 0.3 is 4.87 Å². The summed E-state index contributed by atoms with van der Waals surface area (Å²) in [7, 11) is 1.69. The van der Waals surface area contributed by atoms with Crippen molar-refractivity contribution in [3.8, 4) is 0 Å². The fourth-order valence-corrected chi connectivity index (χ4v) is 3.35. The van der Waals surface area contributed by atoms with Crippen LogP contribution in [0.2, 0.25) is 0 Å². The highest BCUT2D eigenvalue weighted by Gasteiger charge is 2.15. The third kappa shape index (κ3) is 3.04. The van der Waals surface area contributed by atoms with E-state index in [1.54, 1.807) is 48.0 Å². The predicted molar refractivity (Wildman–Crippen MR) is 92.5 cm³/mol. The molecule has 1 N–H and O–H groups in total. The lowest BCUT2D eigenvalue weighted by Gasteiger charge is -2.06. The van der Waals surface area contributed by atoms with Crippen LogP contribution in [0, 0.1) is 10.1 Å². The van der Waals surface area contributed by atoms with E-state index in [0.29, 0.717) is 11.3 Å². The largest absolute Gasteiger partial charge is 0.326 e. The first-order chi connectivity index (χ1) is 11.5. The average Bonchev–Trinajstić information content (AvgIpc) is 2.81. The zero-order chi connectivity index (χ0) is 17.3. The van der Waals surface area contributed by atoms with Crippen molar-refractivity contribution in [3.05, 3.63) is 67.8 Å². The molecule has 0 bridgehead atoms. The number of amides is 1. The number of aromatic nitrogens is 1. The van der Waals surface area contributed by atoms with E-state index in [-0.39, 0.29) is 22.9 Å². The zero-order valence-electron chi connectivity index (χ0n) is 12.7. The summed E-state index contributed by atoms with van der Waals surface area (Å²) in [6.07, 6.45) is -0.0970. The Morgan fingerprint density at radius 1 is 1.29 bits per heavy atom. The quantitative estimate of drug-likeness (QED) is 0.582. The van der Waals surface area contributed by atoms with Gasteiger partial charge < -0.3 is 9.88 Å². The Morgan fingerprint density at radius 2 is 2.04 bits per heavy atom. The minimum atomic E-state index is -0.504. The second-order valence-electron chi connectivity index (χ2n) is 5.22. The number of hydrogen-bond acceptors (Lipinski definition) is 5. The molecule has 24 heavy (non-hydrogen) atoms. The molecule has 7 nitrogen and oxygen atoms in total. The molecule has 1 amide bonds. The third-order valence-electron chi connectivity index (χ3n) is 3.62. The molecule has 8 heteroatoms. The van der Waals surface area contributed by atoms with E-state index >= 15 is 0 Å². The van der Waals surface area contributed by atoms with E-state index in [0.717, 1.165) is 21.6 Å². The lowest BCUT2D eigenvalue weighted by Crippen LogP contribution is -2.15. The molecule has 0 unspecified atom stereocenters. The molecule has 3 aromatic rings. The Balaban J connectivity index is 1.80. The number of carbonyl (C=O) groups excluding carboxylic acids is 1. The Kier molecular flexibility index (Phi) is 4.13. The summed E-state index contributed by atoms with van der Waals surface area (Å²) in [5, 5.41) is 13.7. The van der Waals surface area contributed by atoms with Crippen LogP contribution in [-0.4, -0.2) is 15.4 Å². The van der Waals surface area contributed by atoms with Crippen LogP contribution >= 0.6 is 11.3 Å². The van der Waals surface area contributed by atoms with E-state index in [4.69, 9.17) is 0 Å². The molecule has 0 atom stereocenters. The number of fused-ring (bicyclic) bond motifs is 1. The number of nitro groups is 1. The van der Waals surface area contributed by atoms with Gasteiger partial charge in [-0.15, -0.1) is 0 Å². The van der Waals surface area contributed by atoms with Crippen molar-refractivity contribution >= 4 is 38.8 Å². The molecule has 0 saturated heterocycles. The van der Waals surface area contributed by atoms with E-state index < -0.39 is 4.92 Å². The van der Waals surface area contributed by atoms with Crippen molar-refractivity contribution in [1.29, 1.82) is 0 Å². The maximum atomic E-state index is 12.2. The topological polar surface area (TPSA) is 94.2 Å². The monoisotopic (exact) mass is 343 g/mol. The summed E-state index contributed by atoms with van der Waals surface area (Å²) in [6, 6.07) is 11.3. The molecule has 0 aliphatic heterocycles. The van der Waals surface area contributed by atoms with Crippen molar-refractivity contribution in [1.82, 2.24) is 4.57 Å². The summed E-state index contributed by atoms with van der Waals surface area (Å²) in [5.74, 6) is -0.355. The molecule has 2 aromatic carbocycles. The standard InChI is InChI=1S/C16H13N3O4S/c1-18-13-7-6-11(9-14(13)24-16(18)21)17-15(20)8-10-4-2-3-5-12(10)19(22)23/h2-7,9H,8H2,1H3,(H,17,20). The highest BCUT2D eigenvalue weighted by molar-refractivity contribution is 7.16. The first kappa shape index (κ1) is 15.9. The van der Waals surface area contributed by atoms with Gasteiger partial charge in [0.2, 0.25) is 5.91 Å². The number of nitrogens with one attached hydrogen (secondary N) is 1. The lowest BCUT2D eigenvalue weighted by molar-refractivity contribution is -0.385. The van der Waals surface area contributed by atoms with Gasteiger partial charge in [-0.3, -0.25) is 19.7 Å². The molecule has 0 fully saturated rings. The summed E-state index contributed by atoms with van der Waals surface area (Å²) in [5.41, 5.74) is 1.62. The van der Waals surface area contributed by atoms with Gasteiger partial charge in [-0.1, -0.05) is 29.5 Å². The molecule has 1 heterocycles. The smallest absolute Gasteiger partial charge is 0.307 e. The number of anilines is 1. The van der Waals surface area contributed by atoms with Crippen LogP contribution in [0.4, 0.5) is 11.4 Å². The SMILES string of the molecule is Cn1c(=O)sc2cc(NC(=O)Cc3ccccc3[N+](=O)[O-])ccc21. The predicted octanol–water partition coefficient (Wildman–Crippen LogP) is 2.69. The first-order valence-corrected chi connectivity index (χ1v) is 7.89. The van der Waals surface area contributed by atoms with Gasteiger partial charge in [0.05, 0.1) is 21.6 Å². The van der Waals surface area contributed by atoms with E-state index in [9.17, 15) is 19.7 Å². The second-order valence-corrected chi connectivity index (χ2v) is 6.21. The summed E-state index contributed by atoms with van der Waals surface area (Å²) < 4.78 is 2.31. The Hall–Kier alpha value is -3.00. The van der Waals surface area contributed by atoms with Crippen LogP contribution in [0.25, 0.3) is 10.2 Å². The number of rotatable bonds is 4. The molecular formula is C16H13N3O4S. The number of para-hydroxylation sites is 1. The van der Waals surface area contributed by atoms with Gasteiger partial charge in [0.15, 0.2) is 0 Å². The summed E-state index contributed by atoms with van der Waals surface area (Å²) >= 11 is 1.10. The van der Waals surface area contributed by atoms with Crippen LogP contribution in [-0.2, 0) is 18.3 Å². The molecule has 0 spiro atoms. The number of aryl methyl sites for hydroxylation is 1. The van der Waals surface area contributed by atoms with Gasteiger partial charge in [0, 0.05) is 24.4 Å². The van der Waals surface area contributed by atoms with Crippen LogP contribution in [0.1, 0.15) is 5.56 Å². The minimum Gasteiger partial charge on any atom is -0.326 e. The molecule has 1 aromatic heterocycles. The average molecular weight is 343 g/mol. The zero-order valence-corrected chi connectivity index (χ0v) is 13.5. The van der Waals surface area contributed by atoms with Gasteiger partial charge in [-0.2, -0.15) is 0 Å². The van der Waals surface area contributed by atoms with Gasteiger partial charge in [-0.05, 0) is 18.2 Å². The number of benzene rings is 2. The van der Waals surface area contributed by atoms with Crippen LogP contribution in [0.5, 0.6) is 0 Å². The summed E-state index contributed by atoms with van der Waals surface area (Å²) in [6.45, 7) is 0. The van der Waals surface area contributed by atoms with Crippen LogP contribution < -0.4 is 10.2 Å². The summed E-state index contributed by atoms with van der Waals surface area (Å²) in [4.78, 5) is 34.2. The maximum Gasteiger partial charge on any atom is 0.307 e. The number of carbonyl (C=O) groups is 1. The number of hydrogen-bond donors (Lipinski definition) is 1. The van der Waals surface area contributed by atoms with E-state index in [1.807, 2.05) is 0 Å². The Bertz CT molecular complexity index is 1010. The maximum absolute atomic E-state index is 12.2. The first-order valence-electron chi connectivity index (χ1n) is 7.07. The molecular weight excluding hydrogens is 330 g/mol. The third-order valence-corrected chi connectivity index (χ3v) is 4.61. The highest BCUT2D eigenvalue weighted by atomic mass is 32.1. The van der Waals surface area contributed by atoms with Gasteiger partial charge in [-0.25, -0.2) is 0 Å². The van der Waals surface area contributed by atoms with Gasteiger partial charge in [0.25, 0.3) is 5.69 Å². The van der Waals surface area contributed by atoms with Crippen molar-refractivity contribution in [2.45, 2.75) is 6.42 Å². The van der Waals surface area contributed by atoms with Crippen molar-refractivity contribution < 1.29 is 9.72 Å². The van der Waals surface area contributed by atoms with Crippen molar-refractivity contribution in [2.24, 2.45) is 7.05 Å². The molecule has 3 rings (SSSR count). The van der Waals surface area contributed by atoms with E-state index in [2.05, 4.69) is 5.32 Å². The van der Waals surface area contributed by atoms with E-state index in [1.165, 1.54) is 6.07 Å². The molecule has 0 aliphatic carbocycles. The minimum absolute atomic E-state index is 0.0756. The van der Waals surface area contributed by atoms with Crippen molar-refractivity contribution in [2.75, 3.05) is 5.32 Å². The Morgan fingerprint density at radius 3 is 2.79 bits per heavy atom. The number of nitro benzene ring substituents is 1. The molecule has 0 aliphatic rings. The van der Waals surface area contributed by atoms with Crippen LogP contribution in [0.3, 0.4) is 0 Å². The Labute approximate surface area is 140 Å². The van der Waals surface area contributed by atoms with Gasteiger partial charge in [0.1, 0.15) is 0 Å². The normalized spacial score (nSPS) is 10.7.